The number of aliphatic imine (C=N–C) groups is 1. The smallest absolute Gasteiger partial charge is 0.0907 e. The zero-order valence-electron chi connectivity index (χ0n) is 9.00. The number of halogens is 1. The first-order chi connectivity index (χ1) is 6.52. The van der Waals surface area contributed by atoms with Gasteiger partial charge in [-0.2, -0.15) is 0 Å². The van der Waals surface area contributed by atoms with E-state index in [-0.39, 0.29) is 0 Å². The van der Waals surface area contributed by atoms with Crippen LogP contribution >= 0.6 is 11.6 Å². The third kappa shape index (κ3) is 2.48. The lowest BCUT2D eigenvalue weighted by Crippen LogP contribution is -2.07. The fraction of sp³-hybridized carbons (Fsp3) is 0.364. The molecule has 0 aliphatic carbocycles. The van der Waals surface area contributed by atoms with Gasteiger partial charge < -0.3 is 4.90 Å². The summed E-state index contributed by atoms with van der Waals surface area (Å²) in [5, 5.41) is 0.798. The summed E-state index contributed by atoms with van der Waals surface area (Å²) in [4.78, 5) is 6.26. The predicted molar refractivity (Wildman–Crippen MR) is 62.8 cm³/mol. The van der Waals surface area contributed by atoms with Gasteiger partial charge in [0.1, 0.15) is 0 Å². The van der Waals surface area contributed by atoms with Crippen LogP contribution in [0.1, 0.15) is 11.1 Å². The van der Waals surface area contributed by atoms with Gasteiger partial charge in [-0.15, -0.1) is 0 Å². The van der Waals surface area contributed by atoms with Crippen molar-refractivity contribution < 1.29 is 0 Å². The molecule has 0 saturated carbocycles. The first-order valence-electron chi connectivity index (χ1n) is 4.48. The van der Waals surface area contributed by atoms with Crippen LogP contribution in [-0.4, -0.2) is 25.3 Å². The highest BCUT2D eigenvalue weighted by atomic mass is 35.5. The average molecular weight is 211 g/mol. The number of rotatable bonds is 2. The SMILES string of the molecule is Cc1c(Cl)ccc(N=CN(C)C)c1C. The molecule has 0 bridgehead atoms. The molecule has 0 fully saturated rings. The minimum absolute atomic E-state index is 0.798. The van der Waals surface area contributed by atoms with Gasteiger partial charge >= 0.3 is 0 Å². The van der Waals surface area contributed by atoms with Crippen molar-refractivity contribution in [2.45, 2.75) is 13.8 Å². The van der Waals surface area contributed by atoms with Crippen LogP contribution < -0.4 is 0 Å². The first kappa shape index (κ1) is 11.1. The van der Waals surface area contributed by atoms with Crippen LogP contribution in [0.15, 0.2) is 17.1 Å². The van der Waals surface area contributed by atoms with Gasteiger partial charge in [-0.3, -0.25) is 0 Å². The highest BCUT2D eigenvalue weighted by Crippen LogP contribution is 2.27. The maximum atomic E-state index is 5.99. The van der Waals surface area contributed by atoms with Gasteiger partial charge in [-0.25, -0.2) is 4.99 Å². The second kappa shape index (κ2) is 4.47. The molecule has 0 unspecified atom stereocenters. The van der Waals surface area contributed by atoms with E-state index < -0.39 is 0 Å². The van der Waals surface area contributed by atoms with Gasteiger partial charge in [0.05, 0.1) is 12.0 Å². The number of benzene rings is 1. The molecule has 0 spiro atoms. The molecule has 1 aromatic rings. The molecule has 0 aliphatic heterocycles. The van der Waals surface area contributed by atoms with Crippen LogP contribution in [0.4, 0.5) is 5.69 Å². The van der Waals surface area contributed by atoms with Gasteiger partial charge in [-0.1, -0.05) is 11.6 Å². The summed E-state index contributed by atoms with van der Waals surface area (Å²) in [5.41, 5.74) is 3.20. The molecule has 1 rings (SSSR count). The fourth-order valence-electron chi connectivity index (χ4n) is 1.09. The average Bonchev–Trinajstić information content (AvgIpc) is 2.13. The molecule has 0 N–H and O–H groups in total. The third-order valence-corrected chi connectivity index (χ3v) is 2.53. The van der Waals surface area contributed by atoms with E-state index in [4.69, 9.17) is 11.6 Å². The first-order valence-corrected chi connectivity index (χ1v) is 4.86. The second-order valence-electron chi connectivity index (χ2n) is 3.52. The van der Waals surface area contributed by atoms with Crippen molar-refractivity contribution in [1.29, 1.82) is 0 Å². The van der Waals surface area contributed by atoms with Gasteiger partial charge in [0, 0.05) is 19.1 Å². The normalized spacial score (nSPS) is 10.9. The Morgan fingerprint density at radius 2 is 1.86 bits per heavy atom. The Morgan fingerprint density at radius 3 is 2.43 bits per heavy atom. The summed E-state index contributed by atoms with van der Waals surface area (Å²) in [5.74, 6) is 0. The van der Waals surface area contributed by atoms with Crippen LogP contribution in [0.3, 0.4) is 0 Å². The molecule has 3 heteroatoms. The van der Waals surface area contributed by atoms with Crippen LogP contribution in [0.25, 0.3) is 0 Å². The fourth-order valence-corrected chi connectivity index (χ4v) is 1.30. The summed E-state index contributed by atoms with van der Waals surface area (Å²) in [6.07, 6.45) is 1.79. The molecular formula is C11H15ClN2. The highest BCUT2D eigenvalue weighted by Gasteiger charge is 2.02. The monoisotopic (exact) mass is 210 g/mol. The Labute approximate surface area is 90.2 Å². The maximum Gasteiger partial charge on any atom is 0.0907 e. The van der Waals surface area contributed by atoms with Crippen molar-refractivity contribution >= 4 is 23.6 Å². The lowest BCUT2D eigenvalue weighted by Gasteiger charge is -2.07. The molecule has 0 radical (unpaired) electrons. The van der Waals surface area contributed by atoms with Crippen molar-refractivity contribution in [2.75, 3.05) is 14.1 Å². The number of hydrogen-bond donors (Lipinski definition) is 0. The van der Waals surface area contributed by atoms with Crippen molar-refractivity contribution in [3.63, 3.8) is 0 Å². The summed E-state index contributed by atoms with van der Waals surface area (Å²) in [7, 11) is 3.89. The maximum absolute atomic E-state index is 5.99. The molecule has 14 heavy (non-hydrogen) atoms. The second-order valence-corrected chi connectivity index (χ2v) is 3.93. The molecule has 0 aliphatic rings. The molecule has 0 heterocycles. The molecule has 0 amide bonds. The lowest BCUT2D eigenvalue weighted by atomic mass is 10.1. The Bertz CT molecular complexity index is 357. The van der Waals surface area contributed by atoms with E-state index in [0.717, 1.165) is 21.8 Å². The molecule has 0 saturated heterocycles. The molecule has 2 nitrogen and oxygen atoms in total. The summed E-state index contributed by atoms with van der Waals surface area (Å²) >= 11 is 5.99. The summed E-state index contributed by atoms with van der Waals surface area (Å²) in [6.45, 7) is 4.04. The lowest BCUT2D eigenvalue weighted by molar-refractivity contribution is 0.643. The van der Waals surface area contributed by atoms with Crippen LogP contribution in [0.2, 0.25) is 5.02 Å². The Kier molecular flexibility index (Phi) is 3.53. The third-order valence-electron chi connectivity index (χ3n) is 2.12. The molecule has 76 valence electrons. The number of nitrogens with zero attached hydrogens (tertiary/aromatic N) is 2. The number of hydrogen-bond acceptors (Lipinski definition) is 1. The van der Waals surface area contributed by atoms with Crippen LogP contribution in [0, 0.1) is 13.8 Å². The molecule has 0 atom stereocenters. The van der Waals surface area contributed by atoms with E-state index in [1.54, 1.807) is 6.34 Å². The van der Waals surface area contributed by atoms with Crippen molar-refractivity contribution in [2.24, 2.45) is 4.99 Å². The van der Waals surface area contributed by atoms with Crippen LogP contribution in [0.5, 0.6) is 0 Å². The van der Waals surface area contributed by atoms with Gasteiger partial charge in [0.2, 0.25) is 0 Å². The van der Waals surface area contributed by atoms with Crippen LogP contribution in [-0.2, 0) is 0 Å². The van der Waals surface area contributed by atoms with E-state index in [9.17, 15) is 0 Å². The standard InChI is InChI=1S/C11H15ClN2/c1-8-9(2)11(6-5-10(8)12)13-7-14(3)4/h5-7H,1-4H3. The quantitative estimate of drug-likeness (QED) is 0.541. The minimum atomic E-state index is 0.798. The van der Waals surface area contributed by atoms with Gasteiger partial charge in [0.15, 0.2) is 0 Å². The van der Waals surface area contributed by atoms with E-state index in [1.807, 2.05) is 45.0 Å². The molecule has 0 aromatic heterocycles. The van der Waals surface area contributed by atoms with E-state index in [1.165, 1.54) is 0 Å². The zero-order chi connectivity index (χ0) is 10.7. The molecule has 1 aromatic carbocycles. The van der Waals surface area contributed by atoms with Crippen molar-refractivity contribution in [1.82, 2.24) is 4.90 Å². The summed E-state index contributed by atoms with van der Waals surface area (Å²) in [6, 6.07) is 3.82. The topological polar surface area (TPSA) is 15.6 Å². The summed E-state index contributed by atoms with van der Waals surface area (Å²) < 4.78 is 0. The van der Waals surface area contributed by atoms with E-state index in [2.05, 4.69) is 4.99 Å². The van der Waals surface area contributed by atoms with E-state index in [0.29, 0.717) is 0 Å². The predicted octanol–water partition coefficient (Wildman–Crippen LogP) is 3.18. The van der Waals surface area contributed by atoms with Gasteiger partial charge in [-0.05, 0) is 37.1 Å². The minimum Gasteiger partial charge on any atom is -0.369 e. The largest absolute Gasteiger partial charge is 0.369 e. The van der Waals surface area contributed by atoms with Crippen molar-refractivity contribution in [3.8, 4) is 0 Å². The van der Waals surface area contributed by atoms with Gasteiger partial charge in [0.25, 0.3) is 0 Å². The van der Waals surface area contributed by atoms with E-state index >= 15 is 0 Å². The highest BCUT2D eigenvalue weighted by molar-refractivity contribution is 6.31. The zero-order valence-corrected chi connectivity index (χ0v) is 9.76. The Morgan fingerprint density at radius 1 is 1.21 bits per heavy atom. The van der Waals surface area contributed by atoms with Crippen molar-refractivity contribution in [3.05, 3.63) is 28.3 Å². The molecular weight excluding hydrogens is 196 g/mol. The Balaban J connectivity index is 3.06. The Hall–Kier alpha value is -1.02.